The van der Waals surface area contributed by atoms with E-state index in [0.29, 0.717) is 12.3 Å². The van der Waals surface area contributed by atoms with E-state index in [2.05, 4.69) is 20.9 Å². The van der Waals surface area contributed by atoms with Gasteiger partial charge in [0.05, 0.1) is 5.60 Å². The highest BCUT2D eigenvalue weighted by Crippen LogP contribution is 2.40. The summed E-state index contributed by atoms with van der Waals surface area (Å²) in [5.41, 5.74) is 0.519. The lowest BCUT2D eigenvalue weighted by atomic mass is 9.79. The standard InChI is InChI=1S/C15H18BrNO2S/c16-12-2-1-6-17-13(12)14(18)11-3-7-19-15(10-11)4-8-20-9-5-15/h1-2,6,11H,3-5,7-10H2. The van der Waals surface area contributed by atoms with Gasteiger partial charge in [0, 0.05) is 23.2 Å². The van der Waals surface area contributed by atoms with Crippen LogP contribution in [0.25, 0.3) is 0 Å². The zero-order valence-corrected chi connectivity index (χ0v) is 13.7. The maximum absolute atomic E-state index is 12.7. The first kappa shape index (κ1) is 14.5. The molecule has 2 aliphatic heterocycles. The van der Waals surface area contributed by atoms with E-state index in [9.17, 15) is 4.79 Å². The third-order valence-corrected chi connectivity index (χ3v) is 5.89. The van der Waals surface area contributed by atoms with Crippen LogP contribution in [0.1, 0.15) is 36.2 Å². The van der Waals surface area contributed by atoms with Crippen molar-refractivity contribution in [3.05, 3.63) is 28.5 Å². The molecule has 0 aliphatic carbocycles. The fourth-order valence-electron chi connectivity index (χ4n) is 3.10. The van der Waals surface area contributed by atoms with E-state index < -0.39 is 0 Å². The minimum atomic E-state index is -0.0505. The molecule has 2 fully saturated rings. The molecule has 3 nitrogen and oxygen atoms in total. The van der Waals surface area contributed by atoms with Gasteiger partial charge in [-0.15, -0.1) is 0 Å². The Labute approximate surface area is 132 Å². The van der Waals surface area contributed by atoms with Crippen LogP contribution in [0.5, 0.6) is 0 Å². The van der Waals surface area contributed by atoms with Crippen molar-refractivity contribution in [2.45, 2.75) is 31.3 Å². The second-order valence-electron chi connectivity index (χ2n) is 5.53. The van der Waals surface area contributed by atoms with Crippen LogP contribution < -0.4 is 0 Å². The maximum Gasteiger partial charge on any atom is 0.185 e. The van der Waals surface area contributed by atoms with E-state index in [1.807, 2.05) is 23.9 Å². The molecule has 108 valence electrons. The van der Waals surface area contributed by atoms with Gasteiger partial charge in [-0.05, 0) is 65.3 Å². The summed E-state index contributed by atoms with van der Waals surface area (Å²) in [5.74, 6) is 2.51. The predicted molar refractivity (Wildman–Crippen MR) is 84.2 cm³/mol. The van der Waals surface area contributed by atoms with Gasteiger partial charge in [0.25, 0.3) is 0 Å². The minimum absolute atomic E-state index is 0.0505. The van der Waals surface area contributed by atoms with Gasteiger partial charge in [-0.2, -0.15) is 11.8 Å². The van der Waals surface area contributed by atoms with Gasteiger partial charge in [-0.3, -0.25) is 9.78 Å². The van der Waals surface area contributed by atoms with Crippen LogP contribution in [-0.2, 0) is 4.74 Å². The summed E-state index contributed by atoms with van der Waals surface area (Å²) in [6, 6.07) is 3.72. The number of halogens is 1. The maximum atomic E-state index is 12.7. The van der Waals surface area contributed by atoms with E-state index in [-0.39, 0.29) is 17.3 Å². The van der Waals surface area contributed by atoms with Gasteiger partial charge in [-0.25, -0.2) is 0 Å². The number of aromatic nitrogens is 1. The average molecular weight is 356 g/mol. The number of hydrogen-bond donors (Lipinski definition) is 0. The summed E-state index contributed by atoms with van der Waals surface area (Å²) in [6.45, 7) is 0.700. The zero-order chi connectivity index (χ0) is 14.0. The Kier molecular flexibility index (Phi) is 4.48. The highest BCUT2D eigenvalue weighted by atomic mass is 79.9. The molecule has 0 aromatic carbocycles. The molecule has 1 unspecified atom stereocenters. The molecule has 2 saturated heterocycles. The Morgan fingerprint density at radius 3 is 3.00 bits per heavy atom. The van der Waals surface area contributed by atoms with Crippen molar-refractivity contribution in [1.82, 2.24) is 4.98 Å². The highest BCUT2D eigenvalue weighted by Gasteiger charge is 2.41. The second-order valence-corrected chi connectivity index (χ2v) is 7.61. The largest absolute Gasteiger partial charge is 0.375 e. The predicted octanol–water partition coefficient (Wildman–Crippen LogP) is 3.72. The first-order valence-electron chi connectivity index (χ1n) is 7.07. The van der Waals surface area contributed by atoms with Crippen molar-refractivity contribution in [3.8, 4) is 0 Å². The van der Waals surface area contributed by atoms with E-state index in [1.54, 1.807) is 6.20 Å². The Hall–Kier alpha value is -0.390. The fraction of sp³-hybridized carbons (Fsp3) is 0.600. The van der Waals surface area contributed by atoms with Gasteiger partial charge in [0.2, 0.25) is 0 Å². The number of thioether (sulfide) groups is 1. The monoisotopic (exact) mass is 355 g/mol. The van der Waals surface area contributed by atoms with Gasteiger partial charge in [0.15, 0.2) is 5.78 Å². The lowest BCUT2D eigenvalue weighted by Gasteiger charge is -2.42. The van der Waals surface area contributed by atoms with Gasteiger partial charge in [0.1, 0.15) is 5.69 Å². The molecule has 1 atom stereocenters. The highest BCUT2D eigenvalue weighted by molar-refractivity contribution is 9.10. The normalized spacial score (nSPS) is 25.6. The smallest absolute Gasteiger partial charge is 0.185 e. The third-order valence-electron chi connectivity index (χ3n) is 4.26. The number of rotatable bonds is 2. The molecule has 3 heterocycles. The van der Waals surface area contributed by atoms with Crippen LogP contribution >= 0.6 is 27.7 Å². The molecule has 0 bridgehead atoms. The second kappa shape index (κ2) is 6.16. The van der Waals surface area contributed by atoms with E-state index >= 15 is 0 Å². The van der Waals surface area contributed by atoms with Crippen molar-refractivity contribution >= 4 is 33.5 Å². The van der Waals surface area contributed by atoms with Crippen molar-refractivity contribution in [1.29, 1.82) is 0 Å². The van der Waals surface area contributed by atoms with Crippen LogP contribution in [-0.4, -0.2) is 34.5 Å². The Morgan fingerprint density at radius 2 is 2.25 bits per heavy atom. The quantitative estimate of drug-likeness (QED) is 0.758. The van der Waals surface area contributed by atoms with E-state index in [4.69, 9.17) is 4.74 Å². The Bertz CT molecular complexity index is 497. The zero-order valence-electron chi connectivity index (χ0n) is 11.3. The molecule has 1 aromatic heterocycles. The van der Waals surface area contributed by atoms with Crippen LogP contribution in [0.3, 0.4) is 0 Å². The molecule has 0 amide bonds. The van der Waals surface area contributed by atoms with Gasteiger partial charge < -0.3 is 4.74 Å². The van der Waals surface area contributed by atoms with Crippen molar-refractivity contribution in [3.63, 3.8) is 0 Å². The average Bonchev–Trinajstić information content (AvgIpc) is 2.48. The van der Waals surface area contributed by atoms with E-state index in [0.717, 1.165) is 41.7 Å². The number of nitrogens with zero attached hydrogens (tertiary/aromatic N) is 1. The van der Waals surface area contributed by atoms with Crippen LogP contribution in [0.15, 0.2) is 22.8 Å². The molecular weight excluding hydrogens is 338 g/mol. The fourth-order valence-corrected chi connectivity index (χ4v) is 4.79. The lowest BCUT2D eigenvalue weighted by Crippen LogP contribution is -2.44. The summed E-state index contributed by atoms with van der Waals surface area (Å²) < 4.78 is 6.85. The number of ether oxygens (including phenoxy) is 1. The van der Waals surface area contributed by atoms with Gasteiger partial charge >= 0.3 is 0 Å². The summed E-state index contributed by atoms with van der Waals surface area (Å²) in [6.07, 6.45) is 5.51. The topological polar surface area (TPSA) is 39.2 Å². The molecular formula is C15H18BrNO2S. The minimum Gasteiger partial charge on any atom is -0.375 e. The number of carbonyl (C=O) groups is 1. The number of ketones is 1. The van der Waals surface area contributed by atoms with Gasteiger partial charge in [-0.1, -0.05) is 0 Å². The molecule has 3 rings (SSSR count). The molecule has 1 spiro atoms. The summed E-state index contributed by atoms with van der Waals surface area (Å²) in [5, 5.41) is 0. The number of pyridine rings is 1. The molecule has 1 aromatic rings. The number of carbonyl (C=O) groups excluding carboxylic acids is 1. The molecule has 2 aliphatic rings. The molecule has 0 N–H and O–H groups in total. The molecule has 0 saturated carbocycles. The summed E-state index contributed by atoms with van der Waals surface area (Å²) in [4.78, 5) is 16.9. The van der Waals surface area contributed by atoms with Crippen molar-refractivity contribution in [2.24, 2.45) is 5.92 Å². The summed E-state index contributed by atoms with van der Waals surface area (Å²) >= 11 is 5.42. The first-order valence-corrected chi connectivity index (χ1v) is 9.01. The van der Waals surface area contributed by atoms with E-state index in [1.165, 1.54) is 0 Å². The SMILES string of the molecule is O=C(c1ncccc1Br)C1CCOC2(CCSCC2)C1. The Balaban J connectivity index is 1.77. The van der Waals surface area contributed by atoms with Crippen LogP contribution in [0.2, 0.25) is 0 Å². The van der Waals surface area contributed by atoms with Crippen molar-refractivity contribution < 1.29 is 9.53 Å². The molecule has 0 radical (unpaired) electrons. The van der Waals surface area contributed by atoms with Crippen LogP contribution in [0.4, 0.5) is 0 Å². The molecule has 20 heavy (non-hydrogen) atoms. The summed E-state index contributed by atoms with van der Waals surface area (Å²) in [7, 11) is 0. The third kappa shape index (κ3) is 2.95. The number of Topliss-reactive ketones (excluding diaryl/α,β-unsaturated/α-hetero) is 1. The van der Waals surface area contributed by atoms with Crippen molar-refractivity contribution in [2.75, 3.05) is 18.1 Å². The lowest BCUT2D eigenvalue weighted by molar-refractivity contribution is -0.0960. The molecule has 5 heteroatoms. The first-order chi connectivity index (χ1) is 9.70. The number of hydrogen-bond acceptors (Lipinski definition) is 4. The Morgan fingerprint density at radius 1 is 1.45 bits per heavy atom. The van der Waals surface area contributed by atoms with Crippen LogP contribution in [0, 0.1) is 5.92 Å².